The maximum absolute atomic E-state index is 11.9. The molecule has 0 radical (unpaired) electrons. The molecular weight excluding hydrogens is 390 g/mol. The van der Waals surface area contributed by atoms with Crippen molar-refractivity contribution in [3.8, 4) is 11.3 Å². The monoisotopic (exact) mass is 409 g/mol. The SMILES string of the molecule is CS(=O)(=O)c1ccc(N=NCc2cc(-c3cc4c([nH]3)CCNC4=O)ccn2)cc1. The van der Waals surface area contributed by atoms with E-state index < -0.39 is 9.84 Å². The van der Waals surface area contributed by atoms with E-state index in [0.29, 0.717) is 17.8 Å². The van der Waals surface area contributed by atoms with Gasteiger partial charge in [-0.3, -0.25) is 9.78 Å². The Morgan fingerprint density at radius 3 is 2.66 bits per heavy atom. The number of nitrogens with zero attached hydrogens (tertiary/aromatic N) is 3. The van der Waals surface area contributed by atoms with Crippen molar-refractivity contribution in [3.63, 3.8) is 0 Å². The van der Waals surface area contributed by atoms with Gasteiger partial charge in [-0.15, -0.1) is 0 Å². The van der Waals surface area contributed by atoms with Crippen LogP contribution < -0.4 is 5.32 Å². The third-order valence-corrected chi connectivity index (χ3v) is 5.74. The average Bonchev–Trinajstić information content (AvgIpc) is 3.14. The van der Waals surface area contributed by atoms with Crippen molar-refractivity contribution >= 4 is 21.4 Å². The molecule has 0 unspecified atom stereocenters. The Morgan fingerprint density at radius 1 is 1.14 bits per heavy atom. The number of aromatic amines is 1. The van der Waals surface area contributed by atoms with Crippen LogP contribution in [0.15, 0.2) is 63.8 Å². The van der Waals surface area contributed by atoms with Gasteiger partial charge in [-0.2, -0.15) is 10.2 Å². The molecule has 0 atom stereocenters. The molecule has 0 aliphatic carbocycles. The second kappa shape index (κ2) is 7.59. The highest BCUT2D eigenvalue weighted by Crippen LogP contribution is 2.24. The molecule has 148 valence electrons. The van der Waals surface area contributed by atoms with Crippen molar-refractivity contribution in [3.05, 3.63) is 65.6 Å². The average molecular weight is 409 g/mol. The number of H-pyrrole nitrogens is 1. The number of pyridine rings is 1. The molecule has 8 nitrogen and oxygen atoms in total. The number of carbonyl (C=O) groups is 1. The Labute approximate surface area is 168 Å². The number of nitrogens with one attached hydrogen (secondary N) is 2. The molecule has 0 fully saturated rings. The molecule has 1 amide bonds. The van der Waals surface area contributed by atoms with Gasteiger partial charge in [0.15, 0.2) is 9.84 Å². The lowest BCUT2D eigenvalue weighted by Crippen LogP contribution is -2.31. The number of fused-ring (bicyclic) bond motifs is 1. The van der Waals surface area contributed by atoms with Crippen molar-refractivity contribution in [2.24, 2.45) is 10.2 Å². The van der Waals surface area contributed by atoms with Crippen molar-refractivity contribution in [2.45, 2.75) is 17.9 Å². The molecule has 1 aliphatic heterocycles. The van der Waals surface area contributed by atoms with Crippen LogP contribution in [-0.2, 0) is 22.8 Å². The van der Waals surface area contributed by atoms with Crippen molar-refractivity contribution in [1.29, 1.82) is 0 Å². The number of carbonyl (C=O) groups excluding carboxylic acids is 1. The lowest BCUT2D eigenvalue weighted by Gasteiger charge is -2.10. The summed E-state index contributed by atoms with van der Waals surface area (Å²) in [6.45, 7) is 0.918. The molecule has 1 aliphatic rings. The zero-order valence-corrected chi connectivity index (χ0v) is 16.5. The zero-order valence-electron chi connectivity index (χ0n) is 15.7. The first kappa shape index (κ1) is 19.0. The van der Waals surface area contributed by atoms with Gasteiger partial charge in [0.2, 0.25) is 0 Å². The quantitative estimate of drug-likeness (QED) is 0.630. The summed E-state index contributed by atoms with van der Waals surface area (Å²) in [4.78, 5) is 19.8. The summed E-state index contributed by atoms with van der Waals surface area (Å²) in [5, 5.41) is 11.1. The van der Waals surface area contributed by atoms with E-state index in [1.807, 2.05) is 18.2 Å². The van der Waals surface area contributed by atoms with Gasteiger partial charge in [0.25, 0.3) is 5.91 Å². The summed E-state index contributed by atoms with van der Waals surface area (Å²) >= 11 is 0. The molecule has 0 saturated heterocycles. The van der Waals surface area contributed by atoms with E-state index in [4.69, 9.17) is 0 Å². The number of rotatable bonds is 5. The number of hydrogen-bond donors (Lipinski definition) is 2. The molecule has 3 aromatic rings. The minimum Gasteiger partial charge on any atom is -0.358 e. The van der Waals surface area contributed by atoms with Gasteiger partial charge in [-0.05, 0) is 42.5 Å². The fourth-order valence-corrected chi connectivity index (χ4v) is 3.76. The van der Waals surface area contributed by atoms with Crippen LogP contribution in [0, 0.1) is 0 Å². The molecule has 1 aromatic carbocycles. The summed E-state index contributed by atoms with van der Waals surface area (Å²) in [7, 11) is -3.23. The highest BCUT2D eigenvalue weighted by molar-refractivity contribution is 7.90. The molecule has 4 rings (SSSR count). The maximum atomic E-state index is 11.9. The highest BCUT2D eigenvalue weighted by atomic mass is 32.2. The molecule has 29 heavy (non-hydrogen) atoms. The minimum atomic E-state index is -3.23. The largest absolute Gasteiger partial charge is 0.358 e. The molecule has 0 spiro atoms. The molecule has 2 N–H and O–H groups in total. The third kappa shape index (κ3) is 4.24. The topological polar surface area (TPSA) is 117 Å². The van der Waals surface area contributed by atoms with Crippen LogP contribution in [0.3, 0.4) is 0 Å². The van der Waals surface area contributed by atoms with Gasteiger partial charge in [-0.25, -0.2) is 8.42 Å². The number of benzene rings is 1. The van der Waals surface area contributed by atoms with E-state index in [1.54, 1.807) is 18.3 Å². The second-order valence-corrected chi connectivity index (χ2v) is 8.80. The Morgan fingerprint density at radius 2 is 1.93 bits per heavy atom. The third-order valence-electron chi connectivity index (χ3n) is 4.62. The van der Waals surface area contributed by atoms with Gasteiger partial charge < -0.3 is 10.3 Å². The van der Waals surface area contributed by atoms with Crippen LogP contribution in [0.4, 0.5) is 5.69 Å². The fourth-order valence-electron chi connectivity index (χ4n) is 3.13. The van der Waals surface area contributed by atoms with E-state index in [-0.39, 0.29) is 17.3 Å². The fraction of sp³-hybridized carbons (Fsp3) is 0.200. The first-order valence-corrected chi connectivity index (χ1v) is 10.9. The number of azo groups is 1. The Kier molecular flexibility index (Phi) is 4.98. The number of amides is 1. The second-order valence-electron chi connectivity index (χ2n) is 6.78. The normalized spacial score (nSPS) is 14.0. The highest BCUT2D eigenvalue weighted by Gasteiger charge is 2.20. The van der Waals surface area contributed by atoms with Crippen LogP contribution in [0.2, 0.25) is 0 Å². The molecule has 9 heteroatoms. The van der Waals surface area contributed by atoms with E-state index in [9.17, 15) is 13.2 Å². The van der Waals surface area contributed by atoms with E-state index >= 15 is 0 Å². The molecular formula is C20H19N5O3S. The predicted octanol–water partition coefficient (Wildman–Crippen LogP) is 3.05. The smallest absolute Gasteiger partial charge is 0.253 e. The van der Waals surface area contributed by atoms with E-state index in [1.165, 1.54) is 12.1 Å². The van der Waals surface area contributed by atoms with Crippen LogP contribution in [0.5, 0.6) is 0 Å². The first-order chi connectivity index (χ1) is 13.9. The summed E-state index contributed by atoms with van der Waals surface area (Å²) < 4.78 is 23.0. The zero-order chi connectivity index (χ0) is 20.4. The van der Waals surface area contributed by atoms with Crippen molar-refractivity contribution < 1.29 is 13.2 Å². The maximum Gasteiger partial charge on any atom is 0.253 e. The number of sulfone groups is 1. The van der Waals surface area contributed by atoms with Gasteiger partial charge in [0.1, 0.15) is 6.54 Å². The van der Waals surface area contributed by atoms with Crippen molar-refractivity contribution in [1.82, 2.24) is 15.3 Å². The summed E-state index contributed by atoms with van der Waals surface area (Å²) in [6, 6.07) is 11.9. The lowest BCUT2D eigenvalue weighted by molar-refractivity contribution is 0.0946. The van der Waals surface area contributed by atoms with Gasteiger partial charge in [-0.1, -0.05) is 0 Å². The van der Waals surface area contributed by atoms with Gasteiger partial charge >= 0.3 is 0 Å². The van der Waals surface area contributed by atoms with Crippen LogP contribution in [0.1, 0.15) is 21.7 Å². The lowest BCUT2D eigenvalue weighted by atomic mass is 10.1. The van der Waals surface area contributed by atoms with Crippen LogP contribution in [0.25, 0.3) is 11.3 Å². The Balaban J connectivity index is 1.48. The van der Waals surface area contributed by atoms with Gasteiger partial charge in [0, 0.05) is 42.4 Å². The summed E-state index contributed by atoms with van der Waals surface area (Å²) in [5.41, 5.74) is 4.71. The first-order valence-electron chi connectivity index (χ1n) is 9.03. The van der Waals surface area contributed by atoms with Crippen LogP contribution in [-0.4, -0.2) is 37.1 Å². The number of hydrogen-bond acceptors (Lipinski definition) is 6. The number of aromatic nitrogens is 2. The summed E-state index contributed by atoms with van der Waals surface area (Å²) in [5.74, 6) is -0.0567. The van der Waals surface area contributed by atoms with E-state index in [0.717, 1.165) is 35.3 Å². The predicted molar refractivity (Wildman–Crippen MR) is 108 cm³/mol. The molecule has 0 saturated carbocycles. The van der Waals surface area contributed by atoms with Gasteiger partial charge in [0.05, 0.1) is 21.8 Å². The van der Waals surface area contributed by atoms with E-state index in [2.05, 4.69) is 25.5 Å². The summed E-state index contributed by atoms with van der Waals surface area (Å²) in [6.07, 6.45) is 3.64. The molecule has 2 aromatic heterocycles. The Hall–Kier alpha value is -3.33. The molecule has 3 heterocycles. The molecule has 0 bridgehead atoms. The minimum absolute atomic E-state index is 0.0567. The standard InChI is InChI=1S/C20H19N5O3S/c1-29(27,28)16-4-2-14(3-5-16)25-23-12-15-10-13(6-8-21-15)19-11-17-18(24-19)7-9-22-20(17)26/h2-6,8,10-11,24H,7,9,12H2,1H3,(H,22,26). The van der Waals surface area contributed by atoms with Crippen LogP contribution >= 0.6 is 0 Å². The Bertz CT molecular complexity index is 1200. The van der Waals surface area contributed by atoms with Crippen molar-refractivity contribution in [2.75, 3.05) is 12.8 Å².